The van der Waals surface area contributed by atoms with Gasteiger partial charge >= 0.3 is 18.0 Å². The maximum absolute atomic E-state index is 13.2. The molecule has 4 aliphatic rings. The molecule has 2 aromatic carbocycles. The average Bonchev–Trinajstić information content (AvgIpc) is 3.38. The van der Waals surface area contributed by atoms with Crippen LogP contribution in [0.4, 0.5) is 10.5 Å². The van der Waals surface area contributed by atoms with Gasteiger partial charge in [-0.3, -0.25) is 19.7 Å². The summed E-state index contributed by atoms with van der Waals surface area (Å²) in [5.41, 5.74) is 7.15. The van der Waals surface area contributed by atoms with Crippen LogP contribution < -0.4 is 21.1 Å². The molecule has 4 saturated heterocycles. The van der Waals surface area contributed by atoms with E-state index < -0.39 is 96.8 Å². The smallest absolute Gasteiger partial charge is 0.417 e. The summed E-state index contributed by atoms with van der Waals surface area (Å²) in [5, 5.41) is 3.56. The number of sulfone groups is 1. The molecule has 1 unspecified atom stereocenters. The molecule has 0 radical (unpaired) electrons. The van der Waals surface area contributed by atoms with E-state index in [2.05, 4.69) is 33.2 Å². The van der Waals surface area contributed by atoms with Crippen LogP contribution in [0.15, 0.2) is 48.5 Å². The first-order valence-corrected chi connectivity index (χ1v) is 19.1. The Bertz CT molecular complexity index is 1940. The van der Waals surface area contributed by atoms with E-state index in [9.17, 15) is 37.2 Å². The number of anilines is 1. The van der Waals surface area contributed by atoms with Crippen LogP contribution in [0.1, 0.15) is 45.7 Å². The van der Waals surface area contributed by atoms with Crippen LogP contribution in [0.25, 0.3) is 0 Å². The monoisotopic (exact) mass is 855 g/mol. The molecule has 4 heterocycles. The zero-order chi connectivity index (χ0) is 37.2. The van der Waals surface area contributed by atoms with Crippen molar-refractivity contribution in [2.24, 2.45) is 5.73 Å². The topological polar surface area (TPSA) is 221 Å². The number of thioether (sulfide) groups is 1. The van der Waals surface area contributed by atoms with E-state index in [-0.39, 0.29) is 12.2 Å². The normalized spacial score (nSPS) is 26.8. The maximum Gasteiger partial charge on any atom is 0.417 e. The lowest BCUT2D eigenvalue weighted by atomic mass is 9.95. The van der Waals surface area contributed by atoms with Crippen molar-refractivity contribution >= 4 is 85.6 Å². The number of esters is 2. The van der Waals surface area contributed by atoms with Gasteiger partial charge in [0.25, 0.3) is 0 Å². The van der Waals surface area contributed by atoms with Gasteiger partial charge in [0, 0.05) is 14.0 Å². The molecule has 4 N–H and O–H groups in total. The van der Waals surface area contributed by atoms with Gasteiger partial charge in [0.15, 0.2) is 9.84 Å². The molecule has 2 aromatic rings. The summed E-state index contributed by atoms with van der Waals surface area (Å²) in [6, 6.07) is 8.51. The Labute approximate surface area is 310 Å². The van der Waals surface area contributed by atoms with E-state index in [0.29, 0.717) is 11.3 Å². The largest absolute Gasteiger partial charge is 0.426 e. The fourth-order valence-corrected chi connectivity index (χ4v) is 10.9. The summed E-state index contributed by atoms with van der Waals surface area (Å²) >= 11 is 3.39. The molecule has 272 valence electrons. The highest BCUT2D eigenvalue weighted by Crippen LogP contribution is 2.51. The maximum atomic E-state index is 13.2. The number of rotatable bonds is 9. The Morgan fingerprint density at radius 1 is 1.00 bits per heavy atom. The van der Waals surface area contributed by atoms with E-state index in [1.54, 1.807) is 32.0 Å². The molecule has 0 saturated carbocycles. The third-order valence-electron chi connectivity index (χ3n) is 9.37. The molecule has 16 nitrogen and oxygen atoms in total. The number of hydrogen-bond donors (Lipinski definition) is 3. The molecule has 0 bridgehead atoms. The fourth-order valence-electron chi connectivity index (χ4n) is 6.59. The lowest BCUT2D eigenvalue weighted by Gasteiger charge is -2.44. The molecule has 0 aliphatic carbocycles. The standard InChI is InChI=1S/C32H34IN5O11S2/c1-31(2)23(28(42)47-14-48-29(43)24-32(3,4)51(45,46)20-13-19(39)37(20)24)38-26(41)22(27(38)50-31)36-25(40)21(34)15-8-10-18(11-9-15)49-30(44)35-17-7-5-6-16(33)12-17/h5-12,20-24,27H,13-14,34H2,1-4H3,(H,35,44)(H,36,40)/t20-,21?,22-,23+,24+,27-/m1/s1. The first kappa shape index (κ1) is 36.8. The molecule has 4 aliphatic heterocycles. The Hall–Kier alpha value is -3.95. The van der Waals surface area contributed by atoms with Crippen molar-refractivity contribution in [1.29, 1.82) is 0 Å². The number of fused-ring (bicyclic) bond motifs is 2. The van der Waals surface area contributed by atoms with Crippen LogP contribution in [0.2, 0.25) is 0 Å². The fraction of sp³-hybridized carbons (Fsp3) is 0.438. The van der Waals surface area contributed by atoms with Crippen molar-refractivity contribution in [3.05, 3.63) is 57.7 Å². The van der Waals surface area contributed by atoms with Crippen molar-refractivity contribution in [1.82, 2.24) is 15.1 Å². The van der Waals surface area contributed by atoms with Crippen molar-refractivity contribution in [2.45, 2.75) is 78.5 Å². The Balaban J connectivity index is 1.01. The second-order valence-corrected chi connectivity index (χ2v) is 19.1. The molecule has 4 fully saturated rings. The predicted molar refractivity (Wildman–Crippen MR) is 189 cm³/mol. The van der Waals surface area contributed by atoms with Gasteiger partial charge in [0.1, 0.15) is 40.7 Å². The average molecular weight is 856 g/mol. The van der Waals surface area contributed by atoms with Crippen LogP contribution >= 0.6 is 34.4 Å². The van der Waals surface area contributed by atoms with Crippen LogP contribution in [0, 0.1) is 3.57 Å². The van der Waals surface area contributed by atoms with Crippen molar-refractivity contribution < 1.29 is 51.4 Å². The van der Waals surface area contributed by atoms with Gasteiger partial charge in [-0.2, -0.15) is 0 Å². The number of nitrogens with zero attached hydrogens (tertiary/aromatic N) is 2. The number of amides is 4. The van der Waals surface area contributed by atoms with Gasteiger partial charge in [-0.25, -0.2) is 22.8 Å². The Morgan fingerprint density at radius 2 is 1.65 bits per heavy atom. The van der Waals surface area contributed by atoms with Gasteiger partial charge in [-0.15, -0.1) is 11.8 Å². The number of carbonyl (C=O) groups is 6. The lowest BCUT2D eigenvalue weighted by Crippen LogP contribution is -2.71. The highest BCUT2D eigenvalue weighted by Gasteiger charge is 2.68. The number of β-lactam (4-membered cyclic amide) rings is 2. The number of halogens is 1. The van der Waals surface area contributed by atoms with Crippen molar-refractivity contribution in [3.63, 3.8) is 0 Å². The Morgan fingerprint density at radius 3 is 2.27 bits per heavy atom. The summed E-state index contributed by atoms with van der Waals surface area (Å²) in [7, 11) is -3.83. The lowest BCUT2D eigenvalue weighted by molar-refractivity contribution is -0.181. The predicted octanol–water partition coefficient (Wildman–Crippen LogP) is 1.63. The summed E-state index contributed by atoms with van der Waals surface area (Å²) in [4.78, 5) is 79.1. The molecule has 51 heavy (non-hydrogen) atoms. The number of carbonyl (C=O) groups excluding carboxylic acids is 6. The van der Waals surface area contributed by atoms with E-state index in [0.717, 1.165) is 8.47 Å². The molecule has 0 spiro atoms. The van der Waals surface area contributed by atoms with Gasteiger partial charge in [0.2, 0.25) is 24.5 Å². The second-order valence-electron chi connectivity index (χ2n) is 13.4. The van der Waals surface area contributed by atoms with Crippen LogP contribution in [-0.4, -0.2) is 99.1 Å². The van der Waals surface area contributed by atoms with E-state index in [1.807, 2.05) is 6.07 Å². The summed E-state index contributed by atoms with van der Waals surface area (Å²) in [5.74, 6) is -3.37. The van der Waals surface area contributed by atoms with Gasteiger partial charge in [-0.1, -0.05) is 18.2 Å². The van der Waals surface area contributed by atoms with Crippen molar-refractivity contribution in [2.75, 3.05) is 12.1 Å². The molecular formula is C32H34IN5O11S2. The minimum absolute atomic E-state index is 0.212. The summed E-state index contributed by atoms with van der Waals surface area (Å²) < 4.78 is 39.7. The van der Waals surface area contributed by atoms with Gasteiger partial charge in [-0.05, 0) is 86.2 Å². The molecule has 0 aromatic heterocycles. The first-order chi connectivity index (χ1) is 23.8. The zero-order valence-corrected chi connectivity index (χ0v) is 31.4. The molecule has 6 atom stereocenters. The molecule has 19 heteroatoms. The van der Waals surface area contributed by atoms with Crippen LogP contribution in [-0.2, 0) is 43.3 Å². The number of ether oxygens (including phenoxy) is 3. The summed E-state index contributed by atoms with van der Waals surface area (Å²) in [6.45, 7) is 5.25. The zero-order valence-electron chi connectivity index (χ0n) is 27.7. The quantitative estimate of drug-likeness (QED) is 0.142. The minimum Gasteiger partial charge on any atom is -0.426 e. The number of hydrogen-bond acceptors (Lipinski definition) is 13. The van der Waals surface area contributed by atoms with Crippen molar-refractivity contribution in [3.8, 4) is 5.75 Å². The molecular weight excluding hydrogens is 821 g/mol. The minimum atomic E-state index is -3.83. The first-order valence-electron chi connectivity index (χ1n) is 15.6. The summed E-state index contributed by atoms with van der Waals surface area (Å²) in [6.07, 6.45) is -0.912. The molecule has 6 rings (SSSR count). The SMILES string of the molecule is CC1(C)S[C@@H]2[C@H](NC(=O)C(N)c3ccc(OC(=O)Nc4cccc(I)c4)cc3)C(=O)N2[C@H]1C(=O)OCOC(=O)[C@@H]1N2C(=O)C[C@H]2S(=O)(=O)C1(C)C. The number of nitrogens with two attached hydrogens (primary N) is 1. The number of benzene rings is 2. The highest BCUT2D eigenvalue weighted by atomic mass is 127. The van der Waals surface area contributed by atoms with E-state index in [1.165, 1.54) is 54.8 Å². The highest BCUT2D eigenvalue weighted by molar-refractivity contribution is 14.1. The third kappa shape index (κ3) is 6.41. The second kappa shape index (κ2) is 13.2. The van der Waals surface area contributed by atoms with Crippen LogP contribution in [0.5, 0.6) is 5.75 Å². The Kier molecular flexibility index (Phi) is 9.55. The van der Waals surface area contributed by atoms with E-state index in [4.69, 9.17) is 19.9 Å². The molecule has 4 amide bonds. The third-order valence-corrected chi connectivity index (χ3v) is 14.4. The van der Waals surface area contributed by atoms with E-state index >= 15 is 0 Å². The number of nitrogens with one attached hydrogen (secondary N) is 2. The van der Waals surface area contributed by atoms with Gasteiger partial charge in [0.05, 0.1) is 11.2 Å². The van der Waals surface area contributed by atoms with Gasteiger partial charge < -0.3 is 35.1 Å². The van der Waals surface area contributed by atoms with Crippen LogP contribution in [0.3, 0.4) is 0 Å².